The predicted octanol–water partition coefficient (Wildman–Crippen LogP) is 8.21. The highest BCUT2D eigenvalue weighted by Gasteiger charge is 2.27. The highest BCUT2D eigenvalue weighted by Crippen LogP contribution is 2.45. The van der Waals surface area contributed by atoms with Crippen LogP contribution in [0.1, 0.15) is 13.8 Å². The summed E-state index contributed by atoms with van der Waals surface area (Å²) in [6.07, 6.45) is 0.0590. The topological polar surface area (TPSA) is 9.23 Å². The number of rotatable bonds is 6. The standard InChI is InChI=1S/C35H29OP/c1-25(2)36-33-24-27-15-10-12-22-31(27)34(32-23-13-16-26-14-9-11-21-30(26)32)35(33)37(28-17-5-3-6-18-28)29-19-7-4-8-20-29/h3-25H,1-2H3. The largest absolute Gasteiger partial charge is 0.490 e. The average Bonchev–Trinajstić information content (AvgIpc) is 2.94. The van der Waals surface area contributed by atoms with Gasteiger partial charge in [0, 0.05) is 10.9 Å². The van der Waals surface area contributed by atoms with E-state index in [9.17, 15) is 0 Å². The van der Waals surface area contributed by atoms with Crippen LogP contribution >= 0.6 is 7.92 Å². The summed E-state index contributed by atoms with van der Waals surface area (Å²) in [6.45, 7) is 4.23. The molecule has 0 bridgehead atoms. The van der Waals surface area contributed by atoms with Crippen molar-refractivity contribution < 1.29 is 4.74 Å². The van der Waals surface area contributed by atoms with Crippen molar-refractivity contribution in [1.82, 2.24) is 0 Å². The molecule has 0 unspecified atom stereocenters. The van der Waals surface area contributed by atoms with Crippen molar-refractivity contribution in [3.05, 3.63) is 133 Å². The van der Waals surface area contributed by atoms with Crippen LogP contribution in [0, 0.1) is 0 Å². The van der Waals surface area contributed by atoms with Gasteiger partial charge in [-0.2, -0.15) is 0 Å². The highest BCUT2D eigenvalue weighted by atomic mass is 31.1. The number of ether oxygens (including phenoxy) is 1. The Morgan fingerprint density at radius 3 is 1.73 bits per heavy atom. The molecule has 180 valence electrons. The van der Waals surface area contributed by atoms with Crippen LogP contribution in [0.15, 0.2) is 133 Å². The van der Waals surface area contributed by atoms with Crippen LogP contribution in [-0.4, -0.2) is 6.10 Å². The van der Waals surface area contributed by atoms with Crippen molar-refractivity contribution in [3.63, 3.8) is 0 Å². The molecule has 0 saturated heterocycles. The molecular weight excluding hydrogens is 467 g/mol. The molecule has 2 heteroatoms. The Hall–Kier alpha value is -3.93. The van der Waals surface area contributed by atoms with Gasteiger partial charge in [0.25, 0.3) is 0 Å². The van der Waals surface area contributed by atoms with Crippen LogP contribution in [0.4, 0.5) is 0 Å². The van der Waals surface area contributed by atoms with Crippen LogP contribution < -0.4 is 20.7 Å². The second-order valence-corrected chi connectivity index (χ2v) is 11.7. The highest BCUT2D eigenvalue weighted by molar-refractivity contribution is 7.80. The van der Waals surface area contributed by atoms with Gasteiger partial charge >= 0.3 is 0 Å². The predicted molar refractivity (Wildman–Crippen MR) is 161 cm³/mol. The first kappa shape index (κ1) is 23.5. The number of hydrogen-bond acceptors (Lipinski definition) is 1. The molecule has 0 aliphatic heterocycles. The van der Waals surface area contributed by atoms with Crippen molar-refractivity contribution in [2.75, 3.05) is 0 Å². The smallest absolute Gasteiger partial charge is 0.129 e. The Kier molecular flexibility index (Phi) is 6.47. The van der Waals surface area contributed by atoms with Crippen LogP contribution in [0.5, 0.6) is 5.75 Å². The summed E-state index contributed by atoms with van der Waals surface area (Å²) in [6, 6.07) is 48.2. The van der Waals surface area contributed by atoms with E-state index in [1.807, 2.05) is 0 Å². The first-order valence-electron chi connectivity index (χ1n) is 12.8. The van der Waals surface area contributed by atoms with Crippen molar-refractivity contribution in [2.45, 2.75) is 20.0 Å². The lowest BCUT2D eigenvalue weighted by Crippen LogP contribution is -2.25. The Bertz CT molecular complexity index is 1630. The van der Waals surface area contributed by atoms with Gasteiger partial charge in [-0.05, 0) is 65.6 Å². The van der Waals surface area contributed by atoms with Gasteiger partial charge < -0.3 is 4.74 Å². The van der Waals surface area contributed by atoms with E-state index < -0.39 is 7.92 Å². The molecule has 0 heterocycles. The lowest BCUT2D eigenvalue weighted by atomic mass is 9.93. The summed E-state index contributed by atoms with van der Waals surface area (Å²) in [4.78, 5) is 0. The molecule has 6 aromatic carbocycles. The fourth-order valence-corrected chi connectivity index (χ4v) is 7.71. The quantitative estimate of drug-likeness (QED) is 0.211. The summed E-state index contributed by atoms with van der Waals surface area (Å²) in [7, 11) is -0.895. The van der Waals surface area contributed by atoms with Gasteiger partial charge in [-0.3, -0.25) is 0 Å². The zero-order valence-electron chi connectivity index (χ0n) is 21.1. The second kappa shape index (κ2) is 10.2. The molecule has 0 saturated carbocycles. The van der Waals surface area contributed by atoms with E-state index in [4.69, 9.17) is 4.74 Å². The zero-order valence-corrected chi connectivity index (χ0v) is 22.0. The number of fused-ring (bicyclic) bond motifs is 2. The van der Waals surface area contributed by atoms with E-state index in [1.54, 1.807) is 0 Å². The molecule has 0 aliphatic rings. The van der Waals surface area contributed by atoms with E-state index in [2.05, 4.69) is 147 Å². The van der Waals surface area contributed by atoms with Gasteiger partial charge in [-0.1, -0.05) is 127 Å². The third kappa shape index (κ3) is 4.52. The molecule has 37 heavy (non-hydrogen) atoms. The van der Waals surface area contributed by atoms with Crippen molar-refractivity contribution in [2.24, 2.45) is 0 Å². The van der Waals surface area contributed by atoms with Crippen LogP contribution in [0.2, 0.25) is 0 Å². The first-order chi connectivity index (χ1) is 18.2. The Labute approximate surface area is 220 Å². The van der Waals surface area contributed by atoms with Crippen LogP contribution in [0.3, 0.4) is 0 Å². The maximum atomic E-state index is 6.67. The maximum absolute atomic E-state index is 6.67. The van der Waals surface area contributed by atoms with E-state index in [0.29, 0.717) is 0 Å². The van der Waals surface area contributed by atoms with Gasteiger partial charge in [0.2, 0.25) is 0 Å². The molecule has 0 amide bonds. The monoisotopic (exact) mass is 496 g/mol. The average molecular weight is 497 g/mol. The van der Waals surface area contributed by atoms with Crippen molar-refractivity contribution in [3.8, 4) is 16.9 Å². The molecule has 0 aromatic heterocycles. The lowest BCUT2D eigenvalue weighted by Gasteiger charge is -2.28. The summed E-state index contributed by atoms with van der Waals surface area (Å²) >= 11 is 0. The van der Waals surface area contributed by atoms with Crippen LogP contribution in [-0.2, 0) is 0 Å². The number of benzene rings is 6. The third-order valence-corrected chi connectivity index (χ3v) is 9.18. The molecular formula is C35H29OP. The Morgan fingerprint density at radius 1 is 0.541 bits per heavy atom. The van der Waals surface area contributed by atoms with Crippen LogP contribution in [0.25, 0.3) is 32.7 Å². The van der Waals surface area contributed by atoms with E-state index in [1.165, 1.54) is 48.6 Å². The minimum Gasteiger partial charge on any atom is -0.490 e. The SMILES string of the molecule is CC(C)Oc1cc2ccccc2c(-c2cccc3ccccc23)c1P(c1ccccc1)c1ccccc1. The van der Waals surface area contributed by atoms with E-state index in [-0.39, 0.29) is 6.10 Å². The molecule has 0 N–H and O–H groups in total. The summed E-state index contributed by atoms with van der Waals surface area (Å²) in [5.74, 6) is 0.968. The molecule has 1 nitrogen and oxygen atoms in total. The fourth-order valence-electron chi connectivity index (χ4n) is 5.15. The van der Waals surface area contributed by atoms with Gasteiger partial charge in [-0.15, -0.1) is 0 Å². The number of hydrogen-bond donors (Lipinski definition) is 0. The molecule has 6 rings (SSSR count). The van der Waals surface area contributed by atoms with E-state index >= 15 is 0 Å². The molecule has 0 atom stereocenters. The second-order valence-electron chi connectivity index (χ2n) is 9.52. The molecule has 0 fully saturated rings. The van der Waals surface area contributed by atoms with Gasteiger partial charge in [0.15, 0.2) is 0 Å². The lowest BCUT2D eigenvalue weighted by molar-refractivity contribution is 0.245. The van der Waals surface area contributed by atoms with Gasteiger partial charge in [0.1, 0.15) is 5.75 Å². The summed E-state index contributed by atoms with van der Waals surface area (Å²) in [5.41, 5.74) is 2.52. The summed E-state index contributed by atoms with van der Waals surface area (Å²) in [5, 5.41) is 8.85. The first-order valence-corrected chi connectivity index (χ1v) is 14.2. The Morgan fingerprint density at radius 2 is 1.08 bits per heavy atom. The molecule has 0 aliphatic carbocycles. The van der Waals surface area contributed by atoms with Crippen molar-refractivity contribution in [1.29, 1.82) is 0 Å². The van der Waals surface area contributed by atoms with Gasteiger partial charge in [0.05, 0.1) is 6.10 Å². The molecule has 6 aromatic rings. The minimum atomic E-state index is -0.895. The maximum Gasteiger partial charge on any atom is 0.129 e. The Balaban J connectivity index is 1.80. The van der Waals surface area contributed by atoms with Gasteiger partial charge in [-0.25, -0.2) is 0 Å². The fraction of sp³-hybridized carbons (Fsp3) is 0.0857. The van der Waals surface area contributed by atoms with E-state index in [0.717, 1.165) is 5.75 Å². The molecule has 0 radical (unpaired) electrons. The summed E-state index contributed by atoms with van der Waals surface area (Å²) < 4.78 is 6.67. The zero-order chi connectivity index (χ0) is 25.2. The third-order valence-electron chi connectivity index (χ3n) is 6.66. The molecule has 0 spiro atoms. The van der Waals surface area contributed by atoms with Crippen molar-refractivity contribution >= 4 is 45.4 Å². The normalized spacial score (nSPS) is 11.5. The minimum absolute atomic E-state index is 0.0590.